The second kappa shape index (κ2) is 9.63. The van der Waals surface area contributed by atoms with Crippen molar-refractivity contribution in [1.82, 2.24) is 19.8 Å². The second-order valence-corrected chi connectivity index (χ2v) is 10.5. The van der Waals surface area contributed by atoms with Gasteiger partial charge in [-0.15, -0.1) is 0 Å². The van der Waals surface area contributed by atoms with Crippen LogP contribution in [0.1, 0.15) is 37.7 Å². The van der Waals surface area contributed by atoms with Crippen molar-refractivity contribution in [2.24, 2.45) is 5.41 Å². The lowest BCUT2D eigenvalue weighted by Crippen LogP contribution is -2.59. The Kier molecular flexibility index (Phi) is 6.55. The first-order valence-corrected chi connectivity index (χ1v) is 12.7. The third-order valence-electron chi connectivity index (χ3n) is 8.18. The van der Waals surface area contributed by atoms with E-state index in [0.29, 0.717) is 42.9 Å². The van der Waals surface area contributed by atoms with E-state index in [2.05, 4.69) is 29.5 Å². The van der Waals surface area contributed by atoms with Crippen LogP contribution >= 0.6 is 0 Å². The van der Waals surface area contributed by atoms with Crippen molar-refractivity contribution in [2.45, 2.75) is 44.2 Å². The number of aromatic nitrogens is 2. The molecule has 10 heteroatoms. The van der Waals surface area contributed by atoms with Crippen molar-refractivity contribution in [3.8, 4) is 12.1 Å². The highest BCUT2D eigenvalue weighted by Gasteiger charge is 2.49. The van der Waals surface area contributed by atoms with Crippen LogP contribution < -0.4 is 14.5 Å². The van der Waals surface area contributed by atoms with Crippen molar-refractivity contribution >= 4 is 17.5 Å². The van der Waals surface area contributed by atoms with E-state index < -0.39 is 0 Å². The van der Waals surface area contributed by atoms with E-state index in [1.54, 1.807) is 0 Å². The Morgan fingerprint density at radius 2 is 1.94 bits per heavy atom. The highest BCUT2D eigenvalue weighted by atomic mass is 16.5. The summed E-state index contributed by atoms with van der Waals surface area (Å²) in [7, 11) is 2.11. The lowest BCUT2D eigenvalue weighted by Gasteiger charge is -2.47. The molecule has 35 heavy (non-hydrogen) atoms. The summed E-state index contributed by atoms with van der Waals surface area (Å²) in [5, 5.41) is 20.1. The minimum atomic E-state index is -0.0614. The molecule has 1 spiro atoms. The number of carbonyl (C=O) groups excluding carboxylic acids is 1. The molecule has 2 atom stereocenters. The maximum Gasteiger partial charge on any atom is 0.320 e. The van der Waals surface area contributed by atoms with Crippen LogP contribution in [0.3, 0.4) is 0 Å². The van der Waals surface area contributed by atoms with E-state index in [-0.39, 0.29) is 30.0 Å². The Morgan fingerprint density at radius 3 is 2.63 bits per heavy atom. The molecule has 0 saturated carbocycles. The molecule has 4 aliphatic heterocycles. The van der Waals surface area contributed by atoms with Crippen LogP contribution in [-0.4, -0.2) is 102 Å². The lowest BCUT2D eigenvalue weighted by molar-refractivity contribution is -0.136. The van der Waals surface area contributed by atoms with Gasteiger partial charge < -0.3 is 29.4 Å². The molecule has 5 heterocycles. The number of nitriles is 1. The predicted octanol–water partition coefficient (Wildman–Crippen LogP) is 1.01. The number of aliphatic hydroxyl groups is 1. The normalized spacial score (nSPS) is 25.7. The van der Waals surface area contributed by atoms with Gasteiger partial charge in [0.15, 0.2) is 11.6 Å². The molecule has 4 fully saturated rings. The number of anilines is 2. The molecule has 4 aliphatic rings. The number of rotatable bonds is 7. The van der Waals surface area contributed by atoms with Crippen molar-refractivity contribution in [1.29, 1.82) is 5.26 Å². The van der Waals surface area contributed by atoms with Crippen LogP contribution in [0.2, 0.25) is 0 Å². The van der Waals surface area contributed by atoms with Gasteiger partial charge in [-0.1, -0.05) is 6.58 Å². The molecule has 1 unspecified atom stereocenters. The maximum atomic E-state index is 12.0. The largest absolute Gasteiger partial charge is 0.462 e. The summed E-state index contributed by atoms with van der Waals surface area (Å²) in [5.74, 6) is 1.12. The number of nitrogens with zero attached hydrogens (tertiary/aromatic N) is 7. The summed E-state index contributed by atoms with van der Waals surface area (Å²) in [4.78, 5) is 29.7. The lowest BCUT2D eigenvalue weighted by atomic mass is 9.79. The first-order chi connectivity index (χ1) is 17.0. The minimum Gasteiger partial charge on any atom is -0.462 e. The molecule has 1 aromatic heterocycles. The SMILES string of the molecule is C=CC(=O)N1CC2(CCN(c3nc(OC[C@@H]4CCCN4C)nc(N4CCCC4CO)c3C#N)C2)C1. The third-order valence-corrected chi connectivity index (χ3v) is 8.18. The van der Waals surface area contributed by atoms with Gasteiger partial charge >= 0.3 is 6.01 Å². The van der Waals surface area contributed by atoms with Gasteiger partial charge in [0.1, 0.15) is 18.2 Å². The van der Waals surface area contributed by atoms with Crippen LogP contribution in [0, 0.1) is 16.7 Å². The number of aliphatic hydroxyl groups excluding tert-OH is 1. The number of hydrogen-bond acceptors (Lipinski definition) is 9. The molecule has 0 aliphatic carbocycles. The molecule has 1 amide bonds. The van der Waals surface area contributed by atoms with Crippen molar-refractivity contribution in [3.05, 3.63) is 18.2 Å². The van der Waals surface area contributed by atoms with Gasteiger partial charge in [0.05, 0.1) is 12.6 Å². The predicted molar refractivity (Wildman–Crippen MR) is 131 cm³/mol. The summed E-state index contributed by atoms with van der Waals surface area (Å²) in [6.45, 7) is 8.81. The fraction of sp³-hybridized carbons (Fsp3) is 0.680. The maximum absolute atomic E-state index is 12.0. The Hall–Kier alpha value is -2.90. The van der Waals surface area contributed by atoms with Gasteiger partial charge in [-0.2, -0.15) is 15.2 Å². The minimum absolute atomic E-state index is 0.0192. The van der Waals surface area contributed by atoms with Gasteiger partial charge in [-0.25, -0.2) is 0 Å². The molecule has 10 nitrogen and oxygen atoms in total. The quantitative estimate of drug-likeness (QED) is 0.571. The Bertz CT molecular complexity index is 1020. The molecule has 1 N–H and O–H groups in total. The molecule has 188 valence electrons. The van der Waals surface area contributed by atoms with E-state index in [4.69, 9.17) is 14.7 Å². The van der Waals surface area contributed by atoms with Crippen molar-refractivity contribution in [3.63, 3.8) is 0 Å². The fourth-order valence-electron chi connectivity index (χ4n) is 6.11. The van der Waals surface area contributed by atoms with Crippen LogP contribution in [0.25, 0.3) is 0 Å². The summed E-state index contributed by atoms with van der Waals surface area (Å²) in [6.07, 6.45) is 6.34. The van der Waals surface area contributed by atoms with Crippen molar-refractivity contribution in [2.75, 3.05) is 69.3 Å². The molecule has 0 bridgehead atoms. The highest BCUT2D eigenvalue weighted by molar-refractivity contribution is 5.87. The molecule has 0 aromatic carbocycles. The van der Waals surface area contributed by atoms with E-state index in [1.807, 2.05) is 9.80 Å². The number of ether oxygens (including phenoxy) is 1. The summed E-state index contributed by atoms with van der Waals surface area (Å²) < 4.78 is 6.13. The highest BCUT2D eigenvalue weighted by Crippen LogP contribution is 2.43. The van der Waals surface area contributed by atoms with Crippen LogP contribution in [0.15, 0.2) is 12.7 Å². The van der Waals surface area contributed by atoms with Gasteiger partial charge in [-0.05, 0) is 51.8 Å². The smallest absolute Gasteiger partial charge is 0.320 e. The fourth-order valence-corrected chi connectivity index (χ4v) is 6.11. The van der Waals surface area contributed by atoms with Gasteiger partial charge in [0.25, 0.3) is 0 Å². The zero-order valence-electron chi connectivity index (χ0n) is 20.5. The van der Waals surface area contributed by atoms with Gasteiger partial charge in [-0.3, -0.25) is 4.79 Å². The summed E-state index contributed by atoms with van der Waals surface area (Å²) in [5.41, 5.74) is 0.455. The van der Waals surface area contributed by atoms with E-state index in [0.717, 1.165) is 58.3 Å². The van der Waals surface area contributed by atoms with E-state index in [1.165, 1.54) is 6.08 Å². The Morgan fingerprint density at radius 1 is 1.20 bits per heavy atom. The number of carbonyl (C=O) groups is 1. The molecule has 5 rings (SSSR count). The Balaban J connectivity index is 1.43. The average Bonchev–Trinajstić information content (AvgIpc) is 3.60. The average molecular weight is 482 g/mol. The van der Waals surface area contributed by atoms with E-state index in [9.17, 15) is 15.2 Å². The summed E-state index contributed by atoms with van der Waals surface area (Å²) in [6, 6.07) is 2.92. The number of amides is 1. The van der Waals surface area contributed by atoms with Crippen LogP contribution in [0.4, 0.5) is 11.6 Å². The van der Waals surface area contributed by atoms with Crippen LogP contribution in [0.5, 0.6) is 6.01 Å². The summed E-state index contributed by atoms with van der Waals surface area (Å²) >= 11 is 0. The monoisotopic (exact) mass is 481 g/mol. The molecular weight excluding hydrogens is 446 g/mol. The first kappa shape index (κ1) is 23.8. The van der Waals surface area contributed by atoms with E-state index >= 15 is 0 Å². The molecule has 0 radical (unpaired) electrons. The molecule has 4 saturated heterocycles. The van der Waals surface area contributed by atoms with Gasteiger partial charge in [0, 0.05) is 44.2 Å². The molecule has 1 aromatic rings. The number of likely N-dealkylation sites (tertiary alicyclic amines) is 2. The Labute approximate surface area is 206 Å². The zero-order chi connectivity index (χ0) is 24.6. The van der Waals surface area contributed by atoms with Crippen LogP contribution in [-0.2, 0) is 4.79 Å². The topological polar surface area (TPSA) is 109 Å². The number of hydrogen-bond donors (Lipinski definition) is 1. The van der Waals surface area contributed by atoms with Crippen molar-refractivity contribution < 1.29 is 14.6 Å². The second-order valence-electron chi connectivity index (χ2n) is 10.5. The molecular formula is C25H35N7O3. The zero-order valence-corrected chi connectivity index (χ0v) is 20.5. The number of likely N-dealkylation sites (N-methyl/N-ethyl adjacent to an activating group) is 1. The van der Waals surface area contributed by atoms with Gasteiger partial charge in [0.2, 0.25) is 5.91 Å². The standard InChI is InChI=1S/C25H35N7O3/c1-3-21(34)31-16-25(17-31)8-11-30(15-25)22-20(12-26)23(32-10-5-6-18(32)13-33)28-24(27-22)35-14-19-7-4-9-29(19)2/h3,18-19,33H,1,4-11,13-17H2,2H3/t18?,19-/m0/s1. The third kappa shape index (κ3) is 4.43. The first-order valence-electron chi connectivity index (χ1n) is 12.7.